The van der Waals surface area contributed by atoms with Crippen LogP contribution >= 0.6 is 0 Å². The fourth-order valence-corrected chi connectivity index (χ4v) is 0.912. The Morgan fingerprint density at radius 1 is 1.62 bits per heavy atom. The lowest BCUT2D eigenvalue weighted by molar-refractivity contribution is 0.464. The first-order chi connectivity index (χ1) is 3.66. The molecular formula is C6H11OSi. The highest BCUT2D eigenvalue weighted by molar-refractivity contribution is 6.48. The van der Waals surface area contributed by atoms with Crippen LogP contribution in [0.15, 0.2) is 25.0 Å². The highest BCUT2D eigenvalue weighted by Crippen LogP contribution is 1.95. The molecule has 0 aliphatic carbocycles. The molecule has 0 atom stereocenters. The van der Waals surface area contributed by atoms with Gasteiger partial charge in [-0.2, -0.15) is 0 Å². The van der Waals surface area contributed by atoms with Gasteiger partial charge in [-0.1, -0.05) is 13.2 Å². The second-order valence-corrected chi connectivity index (χ2v) is 3.70. The van der Waals surface area contributed by atoms with Crippen molar-refractivity contribution < 1.29 is 4.43 Å². The first-order valence-electron chi connectivity index (χ1n) is 2.46. The average molecular weight is 127 g/mol. The molecule has 1 nitrogen and oxygen atoms in total. The number of hydrogen-bond donors (Lipinski definition) is 0. The Hall–Kier alpha value is -0.503. The lowest BCUT2D eigenvalue weighted by atomic mass is 10.6. The fraction of sp³-hybridized carbons (Fsp3) is 0.333. The monoisotopic (exact) mass is 127 g/mol. The molecule has 0 unspecified atom stereocenters. The van der Waals surface area contributed by atoms with Gasteiger partial charge in [0.05, 0.1) is 5.76 Å². The SMILES string of the molecule is C=CC(=C)O[Si](C)C. The molecule has 0 saturated carbocycles. The van der Waals surface area contributed by atoms with Crippen molar-refractivity contribution in [3.63, 3.8) is 0 Å². The Morgan fingerprint density at radius 3 is 2.25 bits per heavy atom. The summed E-state index contributed by atoms with van der Waals surface area (Å²) in [5.41, 5.74) is 0. The molecule has 1 radical (unpaired) electrons. The molecule has 0 saturated heterocycles. The minimum absolute atomic E-state index is 0.617. The van der Waals surface area contributed by atoms with Gasteiger partial charge < -0.3 is 4.43 Å². The summed E-state index contributed by atoms with van der Waals surface area (Å²) < 4.78 is 5.19. The smallest absolute Gasteiger partial charge is 0.274 e. The van der Waals surface area contributed by atoms with Crippen LogP contribution in [0, 0.1) is 0 Å². The van der Waals surface area contributed by atoms with Gasteiger partial charge in [-0.05, 0) is 19.2 Å². The highest BCUT2D eigenvalue weighted by atomic mass is 28.3. The second-order valence-electron chi connectivity index (χ2n) is 1.68. The van der Waals surface area contributed by atoms with Gasteiger partial charge in [0.25, 0.3) is 9.04 Å². The van der Waals surface area contributed by atoms with Crippen molar-refractivity contribution in [1.82, 2.24) is 0 Å². The Kier molecular flexibility index (Phi) is 3.27. The molecule has 45 valence electrons. The molecule has 0 amide bonds. The van der Waals surface area contributed by atoms with Gasteiger partial charge in [0.2, 0.25) is 0 Å². The van der Waals surface area contributed by atoms with Crippen LogP contribution in [0.4, 0.5) is 0 Å². The molecule has 2 heteroatoms. The number of allylic oxidation sites excluding steroid dienone is 1. The van der Waals surface area contributed by atoms with E-state index in [0.717, 1.165) is 0 Å². The molecule has 0 aromatic rings. The lowest BCUT2D eigenvalue weighted by Crippen LogP contribution is -2.04. The maximum atomic E-state index is 5.19. The molecule has 0 rings (SSSR count). The minimum Gasteiger partial charge on any atom is -0.543 e. The molecule has 0 bridgehead atoms. The zero-order chi connectivity index (χ0) is 6.57. The van der Waals surface area contributed by atoms with Gasteiger partial charge >= 0.3 is 0 Å². The molecule has 0 aliphatic rings. The van der Waals surface area contributed by atoms with E-state index in [1.807, 2.05) is 0 Å². The maximum Gasteiger partial charge on any atom is 0.274 e. The van der Waals surface area contributed by atoms with Crippen molar-refractivity contribution in [2.45, 2.75) is 13.1 Å². The Labute approximate surface area is 52.4 Å². The van der Waals surface area contributed by atoms with Gasteiger partial charge in [-0.15, -0.1) is 0 Å². The van der Waals surface area contributed by atoms with Crippen LogP contribution in [-0.4, -0.2) is 9.04 Å². The van der Waals surface area contributed by atoms with Crippen molar-refractivity contribution in [3.8, 4) is 0 Å². The molecule has 0 heterocycles. The van der Waals surface area contributed by atoms with Gasteiger partial charge in [0, 0.05) is 0 Å². The summed E-state index contributed by atoms with van der Waals surface area (Å²) >= 11 is 0. The quantitative estimate of drug-likeness (QED) is 0.320. The third kappa shape index (κ3) is 3.68. The summed E-state index contributed by atoms with van der Waals surface area (Å²) in [5, 5.41) is 0. The van der Waals surface area contributed by atoms with E-state index in [1.165, 1.54) is 0 Å². The van der Waals surface area contributed by atoms with Gasteiger partial charge in [0.15, 0.2) is 0 Å². The zero-order valence-corrected chi connectivity index (χ0v) is 6.40. The standard InChI is InChI=1S/C6H11OSi/c1-5-6(2)7-8(3)4/h5H,1-2H2,3-4H3. The van der Waals surface area contributed by atoms with E-state index < -0.39 is 9.04 Å². The Morgan fingerprint density at radius 2 is 2.12 bits per heavy atom. The van der Waals surface area contributed by atoms with Crippen LogP contribution in [0.25, 0.3) is 0 Å². The number of rotatable bonds is 3. The normalized spacial score (nSPS) is 8.88. The summed E-state index contributed by atoms with van der Waals surface area (Å²) in [5.74, 6) is 0.684. The maximum absolute atomic E-state index is 5.19. The molecule has 0 fully saturated rings. The summed E-state index contributed by atoms with van der Waals surface area (Å²) in [7, 11) is -0.617. The third-order valence-corrected chi connectivity index (χ3v) is 1.23. The first-order valence-corrected chi connectivity index (χ1v) is 4.87. The predicted octanol–water partition coefficient (Wildman–Crippen LogP) is 1.95. The average Bonchev–Trinajstić information content (AvgIpc) is 1.65. The summed E-state index contributed by atoms with van der Waals surface area (Å²) in [6, 6.07) is 0. The van der Waals surface area contributed by atoms with Crippen molar-refractivity contribution in [2.75, 3.05) is 0 Å². The van der Waals surface area contributed by atoms with Crippen LogP contribution < -0.4 is 0 Å². The topological polar surface area (TPSA) is 9.23 Å². The highest BCUT2D eigenvalue weighted by Gasteiger charge is 1.95. The van der Waals surface area contributed by atoms with Crippen molar-refractivity contribution in [3.05, 3.63) is 25.0 Å². The van der Waals surface area contributed by atoms with Crippen molar-refractivity contribution >= 4 is 9.04 Å². The summed E-state index contributed by atoms with van der Waals surface area (Å²) in [6.45, 7) is 11.2. The molecule has 0 spiro atoms. The van der Waals surface area contributed by atoms with E-state index in [0.29, 0.717) is 5.76 Å². The first kappa shape index (κ1) is 7.50. The third-order valence-electron chi connectivity index (χ3n) is 0.563. The second kappa shape index (κ2) is 3.49. The van der Waals surface area contributed by atoms with Gasteiger partial charge in [-0.3, -0.25) is 0 Å². The van der Waals surface area contributed by atoms with Crippen LogP contribution in [0.3, 0.4) is 0 Å². The predicted molar refractivity (Wildman–Crippen MR) is 37.9 cm³/mol. The number of hydrogen-bond acceptors (Lipinski definition) is 1. The Bertz CT molecular complexity index is 96.7. The van der Waals surface area contributed by atoms with Crippen molar-refractivity contribution in [1.29, 1.82) is 0 Å². The largest absolute Gasteiger partial charge is 0.543 e. The molecule has 0 aromatic heterocycles. The van der Waals surface area contributed by atoms with E-state index in [1.54, 1.807) is 6.08 Å². The zero-order valence-electron chi connectivity index (χ0n) is 5.40. The van der Waals surface area contributed by atoms with E-state index in [9.17, 15) is 0 Å². The molecule has 0 aromatic carbocycles. The van der Waals surface area contributed by atoms with Crippen LogP contribution in [0.2, 0.25) is 13.1 Å². The van der Waals surface area contributed by atoms with Crippen molar-refractivity contribution in [2.24, 2.45) is 0 Å². The van der Waals surface area contributed by atoms with Crippen LogP contribution in [0.1, 0.15) is 0 Å². The van der Waals surface area contributed by atoms with E-state index in [-0.39, 0.29) is 0 Å². The van der Waals surface area contributed by atoms with E-state index in [4.69, 9.17) is 4.43 Å². The summed E-state index contributed by atoms with van der Waals surface area (Å²) in [6.07, 6.45) is 1.62. The molecule has 0 N–H and O–H groups in total. The van der Waals surface area contributed by atoms with E-state index >= 15 is 0 Å². The fourth-order valence-electron chi connectivity index (χ4n) is 0.304. The minimum atomic E-state index is -0.617. The van der Waals surface area contributed by atoms with E-state index in [2.05, 4.69) is 26.3 Å². The van der Waals surface area contributed by atoms with Gasteiger partial charge in [0.1, 0.15) is 0 Å². The summed E-state index contributed by atoms with van der Waals surface area (Å²) in [4.78, 5) is 0. The van der Waals surface area contributed by atoms with Crippen LogP contribution in [0.5, 0.6) is 0 Å². The Balaban J connectivity index is 3.39. The van der Waals surface area contributed by atoms with Gasteiger partial charge in [-0.25, -0.2) is 0 Å². The lowest BCUT2D eigenvalue weighted by Gasteiger charge is -2.05. The molecular weight excluding hydrogens is 116 g/mol. The molecule has 8 heavy (non-hydrogen) atoms. The molecule has 0 aliphatic heterocycles. The van der Waals surface area contributed by atoms with Crippen LogP contribution in [-0.2, 0) is 4.43 Å².